The highest BCUT2D eigenvalue weighted by atomic mass is 19.1. The number of anilines is 3. The topological polar surface area (TPSA) is 93.2 Å². The molecular weight excluding hydrogens is 382 g/mol. The Labute approximate surface area is 164 Å². The second kappa shape index (κ2) is 8.87. The Morgan fingerprint density at radius 2 is 1.66 bits per heavy atom. The van der Waals surface area contributed by atoms with E-state index in [0.29, 0.717) is 17.1 Å². The van der Waals surface area contributed by atoms with Crippen molar-refractivity contribution in [2.24, 2.45) is 0 Å². The number of nitrogens with zero attached hydrogens (tertiary/aromatic N) is 2. The summed E-state index contributed by atoms with van der Waals surface area (Å²) in [6.07, 6.45) is 0. The molecule has 0 fully saturated rings. The number of ether oxygens (including phenoxy) is 1. The van der Waals surface area contributed by atoms with Crippen LogP contribution in [0.25, 0.3) is 0 Å². The Bertz CT molecular complexity index is 1000. The fourth-order valence-electron chi connectivity index (χ4n) is 2.37. The molecule has 0 atom stereocenters. The summed E-state index contributed by atoms with van der Waals surface area (Å²) in [6, 6.07) is 12.6. The zero-order valence-electron chi connectivity index (χ0n) is 15.3. The molecule has 29 heavy (non-hydrogen) atoms. The highest BCUT2D eigenvalue weighted by Crippen LogP contribution is 2.19. The van der Waals surface area contributed by atoms with Gasteiger partial charge in [-0.15, -0.1) is 10.2 Å². The first-order valence-corrected chi connectivity index (χ1v) is 8.61. The maximum atomic E-state index is 13.6. The number of nitrogens with one attached hydrogen (secondary N) is 2. The number of benzene rings is 2. The maximum absolute atomic E-state index is 13.6. The van der Waals surface area contributed by atoms with Gasteiger partial charge >= 0.3 is 5.97 Å². The van der Waals surface area contributed by atoms with Gasteiger partial charge in [0.25, 0.3) is 5.91 Å². The molecule has 3 rings (SSSR count). The van der Waals surface area contributed by atoms with Crippen molar-refractivity contribution in [2.45, 2.75) is 6.92 Å². The first kappa shape index (κ1) is 19.9. The Balaban J connectivity index is 1.65. The van der Waals surface area contributed by atoms with Gasteiger partial charge in [0.1, 0.15) is 17.3 Å². The van der Waals surface area contributed by atoms with Crippen molar-refractivity contribution in [3.8, 4) is 0 Å². The minimum atomic E-state index is -0.893. The van der Waals surface area contributed by atoms with E-state index in [1.807, 2.05) is 0 Å². The third kappa shape index (κ3) is 4.89. The van der Waals surface area contributed by atoms with Gasteiger partial charge in [-0.2, -0.15) is 0 Å². The predicted octanol–water partition coefficient (Wildman–Crippen LogP) is 3.93. The van der Waals surface area contributed by atoms with Crippen molar-refractivity contribution in [1.82, 2.24) is 10.2 Å². The van der Waals surface area contributed by atoms with Crippen LogP contribution >= 0.6 is 0 Å². The van der Waals surface area contributed by atoms with Crippen molar-refractivity contribution >= 4 is 29.1 Å². The van der Waals surface area contributed by atoms with Gasteiger partial charge in [-0.1, -0.05) is 6.07 Å². The summed E-state index contributed by atoms with van der Waals surface area (Å²) < 4.78 is 32.2. The molecule has 0 aliphatic rings. The average molecular weight is 398 g/mol. The minimum Gasteiger partial charge on any atom is -0.462 e. The van der Waals surface area contributed by atoms with E-state index in [9.17, 15) is 18.4 Å². The molecule has 0 unspecified atom stereocenters. The summed E-state index contributed by atoms with van der Waals surface area (Å²) in [5, 5.41) is 12.7. The number of carbonyl (C=O) groups excluding carboxylic acids is 2. The summed E-state index contributed by atoms with van der Waals surface area (Å²) in [7, 11) is 0. The van der Waals surface area contributed by atoms with Crippen LogP contribution < -0.4 is 10.6 Å². The summed E-state index contributed by atoms with van der Waals surface area (Å²) in [4.78, 5) is 23.8. The monoisotopic (exact) mass is 398 g/mol. The van der Waals surface area contributed by atoms with Crippen LogP contribution in [0, 0.1) is 11.6 Å². The quantitative estimate of drug-likeness (QED) is 0.611. The first-order chi connectivity index (χ1) is 14.0. The number of amides is 1. The second-order valence-corrected chi connectivity index (χ2v) is 5.78. The Hall–Kier alpha value is -3.88. The molecule has 1 heterocycles. The number of hydrogen-bond acceptors (Lipinski definition) is 6. The Morgan fingerprint density at radius 3 is 2.24 bits per heavy atom. The van der Waals surface area contributed by atoms with Gasteiger partial charge in [-0.25, -0.2) is 13.6 Å². The molecule has 1 aromatic heterocycles. The highest BCUT2D eigenvalue weighted by Gasteiger charge is 2.15. The zero-order chi connectivity index (χ0) is 20.8. The lowest BCUT2D eigenvalue weighted by Gasteiger charge is -2.08. The molecule has 2 aromatic carbocycles. The van der Waals surface area contributed by atoms with Gasteiger partial charge in [0.2, 0.25) is 0 Å². The molecule has 0 saturated carbocycles. The van der Waals surface area contributed by atoms with Gasteiger partial charge in [0.15, 0.2) is 11.5 Å². The van der Waals surface area contributed by atoms with Gasteiger partial charge in [-0.05, 0) is 55.5 Å². The fraction of sp³-hybridized carbons (Fsp3) is 0.100. The molecule has 0 bridgehead atoms. The van der Waals surface area contributed by atoms with E-state index in [2.05, 4.69) is 20.8 Å². The Morgan fingerprint density at radius 1 is 0.966 bits per heavy atom. The van der Waals surface area contributed by atoms with Crippen LogP contribution in [0.3, 0.4) is 0 Å². The molecule has 0 aliphatic heterocycles. The van der Waals surface area contributed by atoms with E-state index in [1.54, 1.807) is 31.2 Å². The van der Waals surface area contributed by atoms with Gasteiger partial charge < -0.3 is 15.4 Å². The number of halogens is 2. The zero-order valence-corrected chi connectivity index (χ0v) is 15.3. The number of hydrogen-bond donors (Lipinski definition) is 2. The van der Waals surface area contributed by atoms with E-state index in [-0.39, 0.29) is 12.3 Å². The van der Waals surface area contributed by atoms with E-state index >= 15 is 0 Å². The van der Waals surface area contributed by atoms with E-state index in [1.165, 1.54) is 18.2 Å². The normalized spacial score (nSPS) is 10.3. The third-order valence-corrected chi connectivity index (χ3v) is 3.77. The van der Waals surface area contributed by atoms with Gasteiger partial charge in [-0.3, -0.25) is 4.79 Å². The lowest BCUT2D eigenvalue weighted by molar-refractivity contribution is 0.0526. The smallest absolute Gasteiger partial charge is 0.338 e. The van der Waals surface area contributed by atoms with E-state index in [0.717, 1.165) is 12.1 Å². The highest BCUT2D eigenvalue weighted by molar-refractivity contribution is 6.03. The summed E-state index contributed by atoms with van der Waals surface area (Å²) in [5.41, 5.74) is 0.382. The minimum absolute atomic E-state index is 0.115. The molecule has 3 aromatic rings. The molecule has 0 aliphatic carbocycles. The third-order valence-electron chi connectivity index (χ3n) is 3.77. The number of carbonyl (C=O) groups is 2. The predicted molar refractivity (Wildman–Crippen MR) is 102 cm³/mol. The van der Waals surface area contributed by atoms with Crippen molar-refractivity contribution < 1.29 is 23.1 Å². The van der Waals surface area contributed by atoms with E-state index in [4.69, 9.17) is 4.74 Å². The Kier molecular flexibility index (Phi) is 6.08. The number of aromatic nitrogens is 2. The lowest BCUT2D eigenvalue weighted by Crippen LogP contribution is -2.16. The molecule has 9 heteroatoms. The lowest BCUT2D eigenvalue weighted by atomic mass is 10.2. The van der Waals surface area contributed by atoms with E-state index < -0.39 is 29.2 Å². The molecule has 148 valence electrons. The molecule has 2 N–H and O–H groups in total. The maximum Gasteiger partial charge on any atom is 0.338 e. The average Bonchev–Trinajstić information content (AvgIpc) is 2.72. The SMILES string of the molecule is CCOC(=O)c1ccc(Nc2ccc(C(=O)Nc3c(F)cccc3F)nn2)cc1. The molecule has 0 spiro atoms. The van der Waals surface area contributed by atoms with Crippen molar-refractivity contribution in [1.29, 1.82) is 0 Å². The van der Waals surface area contributed by atoms with Crippen LogP contribution in [0.2, 0.25) is 0 Å². The van der Waals surface area contributed by atoms with Gasteiger partial charge in [0.05, 0.1) is 12.2 Å². The first-order valence-electron chi connectivity index (χ1n) is 8.61. The molecule has 7 nitrogen and oxygen atoms in total. The van der Waals surface area contributed by atoms with Crippen LogP contribution in [-0.2, 0) is 4.74 Å². The van der Waals surface area contributed by atoms with Crippen LogP contribution in [0.1, 0.15) is 27.8 Å². The fourth-order valence-corrected chi connectivity index (χ4v) is 2.37. The largest absolute Gasteiger partial charge is 0.462 e. The molecule has 0 saturated heterocycles. The number of para-hydroxylation sites is 1. The standard InChI is InChI=1S/C20H16F2N4O3/c1-2-29-20(28)12-6-8-13(9-7-12)23-17-11-10-16(25-26-17)19(27)24-18-14(21)4-3-5-15(18)22/h3-11H,2H2,1H3,(H,23,26)(H,24,27). The van der Waals surface area contributed by atoms with Crippen molar-refractivity contribution in [3.63, 3.8) is 0 Å². The second-order valence-electron chi connectivity index (χ2n) is 5.78. The van der Waals surface area contributed by atoms with Crippen LogP contribution in [0.4, 0.5) is 26.0 Å². The molecular formula is C20H16F2N4O3. The summed E-state index contributed by atoms with van der Waals surface area (Å²) in [5.74, 6) is -2.67. The summed E-state index contributed by atoms with van der Waals surface area (Å²) in [6.45, 7) is 2.02. The van der Waals surface area contributed by atoms with Crippen LogP contribution in [0.5, 0.6) is 0 Å². The van der Waals surface area contributed by atoms with Crippen molar-refractivity contribution in [3.05, 3.63) is 77.5 Å². The van der Waals surface area contributed by atoms with Gasteiger partial charge in [0, 0.05) is 5.69 Å². The van der Waals surface area contributed by atoms with Crippen LogP contribution in [0.15, 0.2) is 54.6 Å². The van der Waals surface area contributed by atoms with Crippen molar-refractivity contribution in [2.75, 3.05) is 17.2 Å². The molecule has 0 radical (unpaired) electrons. The number of esters is 1. The summed E-state index contributed by atoms with van der Waals surface area (Å²) >= 11 is 0. The van der Waals surface area contributed by atoms with Crippen LogP contribution in [-0.4, -0.2) is 28.7 Å². The molecule has 1 amide bonds. The number of rotatable bonds is 6.